The van der Waals surface area contributed by atoms with Gasteiger partial charge in [0, 0.05) is 5.56 Å². The number of rotatable bonds is 4. The average Bonchev–Trinajstić information content (AvgIpc) is 2.59. The minimum absolute atomic E-state index is 0.0724. The smallest absolute Gasteiger partial charge is 0.270 e. The van der Waals surface area contributed by atoms with Crippen LogP contribution in [0.2, 0.25) is 0 Å². The molecule has 1 aliphatic heterocycles. The fourth-order valence-corrected chi connectivity index (χ4v) is 2.90. The summed E-state index contributed by atoms with van der Waals surface area (Å²) in [5.74, 6) is -1.21. The molecule has 0 spiro atoms. The van der Waals surface area contributed by atoms with Crippen molar-refractivity contribution in [1.82, 2.24) is 5.32 Å². The van der Waals surface area contributed by atoms with Crippen LogP contribution in [0.25, 0.3) is 6.08 Å². The standard InChI is InChI=1S/C20H17FN2O3S/c1-12(2)26-17-9-4-3-6-13(17)10-16-18(24)22-20(27)23(19(16)25)15-8-5-7-14(21)11-15/h3-12H,1-2H3,(H,22,24,27)/b16-10+. The highest BCUT2D eigenvalue weighted by molar-refractivity contribution is 7.80. The van der Waals surface area contributed by atoms with Crippen LogP contribution in [0.3, 0.4) is 0 Å². The van der Waals surface area contributed by atoms with Gasteiger partial charge in [-0.15, -0.1) is 0 Å². The Balaban J connectivity index is 2.03. The molecule has 1 heterocycles. The third-order valence-electron chi connectivity index (χ3n) is 3.75. The van der Waals surface area contributed by atoms with Crippen LogP contribution in [-0.4, -0.2) is 23.0 Å². The Kier molecular flexibility index (Phi) is 5.32. The van der Waals surface area contributed by atoms with Gasteiger partial charge >= 0.3 is 0 Å². The molecular formula is C20H17FN2O3S. The number of anilines is 1. The summed E-state index contributed by atoms with van der Waals surface area (Å²) < 4.78 is 19.3. The number of thiocarbonyl (C=S) groups is 1. The first-order valence-corrected chi connectivity index (χ1v) is 8.70. The molecule has 2 aromatic carbocycles. The van der Waals surface area contributed by atoms with Gasteiger partial charge < -0.3 is 4.74 Å². The third kappa shape index (κ3) is 4.03. The fraction of sp³-hybridized carbons (Fsp3) is 0.150. The zero-order valence-corrected chi connectivity index (χ0v) is 15.5. The van der Waals surface area contributed by atoms with Crippen molar-refractivity contribution in [2.24, 2.45) is 0 Å². The number of benzene rings is 2. The van der Waals surface area contributed by atoms with Crippen molar-refractivity contribution in [2.45, 2.75) is 20.0 Å². The van der Waals surface area contributed by atoms with E-state index in [9.17, 15) is 14.0 Å². The minimum atomic E-state index is -0.631. The second kappa shape index (κ2) is 7.67. The first kappa shape index (κ1) is 18.7. The zero-order valence-electron chi connectivity index (χ0n) is 14.7. The molecule has 0 aromatic heterocycles. The molecule has 0 bridgehead atoms. The number of hydrogen-bond donors (Lipinski definition) is 1. The van der Waals surface area contributed by atoms with Gasteiger partial charge in [-0.05, 0) is 56.4 Å². The van der Waals surface area contributed by atoms with Gasteiger partial charge in [0.15, 0.2) is 5.11 Å². The van der Waals surface area contributed by atoms with E-state index < -0.39 is 17.6 Å². The van der Waals surface area contributed by atoms with E-state index in [0.29, 0.717) is 11.3 Å². The molecule has 138 valence electrons. The number of carbonyl (C=O) groups is 2. The lowest BCUT2D eigenvalue weighted by Gasteiger charge is -2.29. The summed E-state index contributed by atoms with van der Waals surface area (Å²) in [6.07, 6.45) is 1.38. The predicted octanol–water partition coefficient (Wildman–Crippen LogP) is 3.44. The topological polar surface area (TPSA) is 58.6 Å². The number of carbonyl (C=O) groups excluding carboxylic acids is 2. The van der Waals surface area contributed by atoms with Crippen molar-refractivity contribution in [1.29, 1.82) is 0 Å². The number of amides is 2. The van der Waals surface area contributed by atoms with Gasteiger partial charge in [0.1, 0.15) is 17.1 Å². The maximum absolute atomic E-state index is 13.6. The Morgan fingerprint density at radius 2 is 1.89 bits per heavy atom. The van der Waals surface area contributed by atoms with Crippen molar-refractivity contribution in [2.75, 3.05) is 4.90 Å². The van der Waals surface area contributed by atoms with E-state index in [1.807, 2.05) is 13.8 Å². The first-order chi connectivity index (χ1) is 12.9. The van der Waals surface area contributed by atoms with E-state index in [2.05, 4.69) is 5.32 Å². The van der Waals surface area contributed by atoms with Crippen LogP contribution in [0.4, 0.5) is 10.1 Å². The molecule has 0 saturated carbocycles. The SMILES string of the molecule is CC(C)Oc1ccccc1/C=C1\C(=O)NC(=S)N(c2cccc(F)c2)C1=O. The van der Waals surface area contributed by atoms with Crippen molar-refractivity contribution in [3.05, 3.63) is 65.5 Å². The Morgan fingerprint density at radius 1 is 1.15 bits per heavy atom. The first-order valence-electron chi connectivity index (χ1n) is 8.29. The van der Waals surface area contributed by atoms with Gasteiger partial charge in [-0.1, -0.05) is 24.3 Å². The highest BCUT2D eigenvalue weighted by Crippen LogP contribution is 2.26. The van der Waals surface area contributed by atoms with Gasteiger partial charge in [0.2, 0.25) is 0 Å². The Bertz CT molecular complexity index is 956. The fourth-order valence-electron chi connectivity index (χ4n) is 2.62. The summed E-state index contributed by atoms with van der Waals surface area (Å²) in [7, 11) is 0. The summed E-state index contributed by atoms with van der Waals surface area (Å²) in [4.78, 5) is 26.4. The summed E-state index contributed by atoms with van der Waals surface area (Å²) in [6, 6.07) is 12.5. The van der Waals surface area contributed by atoms with Gasteiger partial charge in [0.05, 0.1) is 11.8 Å². The third-order valence-corrected chi connectivity index (χ3v) is 4.03. The van der Waals surface area contributed by atoms with Gasteiger partial charge in [0.25, 0.3) is 11.8 Å². The van der Waals surface area contributed by atoms with Gasteiger partial charge in [-0.3, -0.25) is 19.8 Å². The molecule has 2 aromatic rings. The van der Waals surface area contributed by atoms with Crippen LogP contribution >= 0.6 is 12.2 Å². The molecule has 1 saturated heterocycles. The number of nitrogens with zero attached hydrogens (tertiary/aromatic N) is 1. The Labute approximate surface area is 161 Å². The number of ether oxygens (including phenoxy) is 1. The molecule has 3 rings (SSSR count). The van der Waals surface area contributed by atoms with Crippen LogP contribution in [0.15, 0.2) is 54.1 Å². The number of nitrogens with one attached hydrogen (secondary N) is 1. The van der Waals surface area contributed by atoms with E-state index >= 15 is 0 Å². The maximum atomic E-state index is 13.6. The zero-order chi connectivity index (χ0) is 19.6. The number of para-hydroxylation sites is 1. The molecular weight excluding hydrogens is 367 g/mol. The van der Waals surface area contributed by atoms with E-state index in [1.165, 1.54) is 30.3 Å². The lowest BCUT2D eigenvalue weighted by Crippen LogP contribution is -2.54. The number of halogens is 1. The van der Waals surface area contributed by atoms with Crippen LogP contribution in [0, 0.1) is 5.82 Å². The lowest BCUT2D eigenvalue weighted by atomic mass is 10.1. The second-order valence-electron chi connectivity index (χ2n) is 6.14. The summed E-state index contributed by atoms with van der Waals surface area (Å²) in [5.41, 5.74) is 0.701. The molecule has 7 heteroatoms. The van der Waals surface area contributed by atoms with E-state index in [1.54, 1.807) is 24.3 Å². The average molecular weight is 384 g/mol. The van der Waals surface area contributed by atoms with Gasteiger partial charge in [-0.25, -0.2) is 4.39 Å². The molecule has 2 amide bonds. The lowest BCUT2D eigenvalue weighted by molar-refractivity contribution is -0.122. The predicted molar refractivity (Wildman–Crippen MR) is 105 cm³/mol. The van der Waals surface area contributed by atoms with Crippen LogP contribution in [-0.2, 0) is 9.59 Å². The Hall–Kier alpha value is -3.06. The highest BCUT2D eigenvalue weighted by atomic mass is 32.1. The molecule has 0 radical (unpaired) electrons. The second-order valence-corrected chi connectivity index (χ2v) is 6.53. The van der Waals surface area contributed by atoms with Crippen molar-refractivity contribution < 1.29 is 18.7 Å². The molecule has 27 heavy (non-hydrogen) atoms. The Morgan fingerprint density at radius 3 is 2.59 bits per heavy atom. The van der Waals surface area contributed by atoms with Crippen LogP contribution < -0.4 is 15.0 Å². The molecule has 5 nitrogen and oxygen atoms in total. The highest BCUT2D eigenvalue weighted by Gasteiger charge is 2.34. The monoisotopic (exact) mass is 384 g/mol. The van der Waals surface area contributed by atoms with Crippen molar-refractivity contribution in [3.63, 3.8) is 0 Å². The normalized spacial score (nSPS) is 16.1. The molecule has 1 aliphatic rings. The molecule has 0 unspecified atom stereocenters. The maximum Gasteiger partial charge on any atom is 0.270 e. The summed E-state index contributed by atoms with van der Waals surface area (Å²) in [5, 5.41) is 2.38. The quantitative estimate of drug-likeness (QED) is 0.498. The van der Waals surface area contributed by atoms with E-state index in [-0.39, 0.29) is 22.5 Å². The van der Waals surface area contributed by atoms with Crippen LogP contribution in [0.5, 0.6) is 5.75 Å². The molecule has 0 atom stereocenters. The van der Waals surface area contributed by atoms with Crippen molar-refractivity contribution >= 4 is 40.9 Å². The molecule has 0 aliphatic carbocycles. The van der Waals surface area contributed by atoms with Crippen molar-refractivity contribution in [3.8, 4) is 5.75 Å². The van der Waals surface area contributed by atoms with E-state index in [0.717, 1.165) is 4.90 Å². The molecule has 1 N–H and O–H groups in total. The largest absolute Gasteiger partial charge is 0.490 e. The molecule has 1 fully saturated rings. The van der Waals surface area contributed by atoms with E-state index in [4.69, 9.17) is 17.0 Å². The van der Waals surface area contributed by atoms with Crippen LogP contribution in [0.1, 0.15) is 19.4 Å². The summed E-state index contributed by atoms with van der Waals surface area (Å²) in [6.45, 7) is 3.76. The van der Waals surface area contributed by atoms with Gasteiger partial charge in [-0.2, -0.15) is 0 Å². The summed E-state index contributed by atoms with van der Waals surface area (Å²) >= 11 is 5.11. The number of hydrogen-bond acceptors (Lipinski definition) is 4. The minimum Gasteiger partial charge on any atom is -0.490 e.